The minimum absolute atomic E-state index is 0.403. The first-order valence-corrected chi connectivity index (χ1v) is 9.35. The van der Waals surface area contributed by atoms with E-state index in [1.54, 1.807) is 18.3 Å². The molecule has 27 heavy (non-hydrogen) atoms. The summed E-state index contributed by atoms with van der Waals surface area (Å²) in [5.41, 5.74) is 1.25. The van der Waals surface area contributed by atoms with Crippen LogP contribution in [0.3, 0.4) is 0 Å². The molecule has 1 saturated carbocycles. The summed E-state index contributed by atoms with van der Waals surface area (Å²) in [5.74, 6) is -4.33. The first-order chi connectivity index (χ1) is 12.9. The lowest BCUT2D eigenvalue weighted by atomic mass is 10.2. The van der Waals surface area contributed by atoms with Crippen molar-refractivity contribution in [2.24, 2.45) is 0 Å². The minimum Gasteiger partial charge on any atom is -0.374 e. The molecule has 1 fully saturated rings. The van der Waals surface area contributed by atoms with Crippen LogP contribution in [0.25, 0.3) is 10.2 Å². The number of rotatable bonds is 5. The second-order valence-electron chi connectivity index (χ2n) is 6.59. The van der Waals surface area contributed by atoms with Gasteiger partial charge in [0.15, 0.2) is 17.5 Å². The standard InChI is InChI=1S/C19H16F3N3OS/c1-9(18(26)24-14-7-5-12(20)16(21)17(14)22)23-11-4-6-13-15(8-11)27-19(25-13)10-2-3-10/h4-10,23H,2-3H2,1H3,(H,24,26). The van der Waals surface area contributed by atoms with Gasteiger partial charge in [0.2, 0.25) is 5.91 Å². The summed E-state index contributed by atoms with van der Waals surface area (Å²) in [5, 5.41) is 6.44. The number of benzene rings is 2. The summed E-state index contributed by atoms with van der Waals surface area (Å²) in [6, 6.07) is 6.66. The third kappa shape index (κ3) is 3.62. The van der Waals surface area contributed by atoms with Gasteiger partial charge < -0.3 is 10.6 Å². The van der Waals surface area contributed by atoms with Gasteiger partial charge in [-0.1, -0.05) is 0 Å². The average molecular weight is 391 g/mol. The van der Waals surface area contributed by atoms with Gasteiger partial charge in [-0.3, -0.25) is 4.79 Å². The Balaban J connectivity index is 1.46. The first-order valence-electron chi connectivity index (χ1n) is 8.54. The molecule has 1 unspecified atom stereocenters. The molecular formula is C19H16F3N3OS. The Morgan fingerprint density at radius 3 is 2.70 bits per heavy atom. The molecular weight excluding hydrogens is 375 g/mol. The predicted octanol–water partition coefficient (Wildman–Crippen LogP) is 5.03. The molecule has 0 saturated heterocycles. The summed E-state index contributed by atoms with van der Waals surface area (Å²) in [7, 11) is 0. The Labute approximate surface area is 157 Å². The van der Waals surface area contributed by atoms with E-state index in [0.29, 0.717) is 5.92 Å². The molecule has 1 aliphatic rings. The quantitative estimate of drug-likeness (QED) is 0.600. The average Bonchev–Trinajstić information content (AvgIpc) is 3.41. The van der Waals surface area contributed by atoms with Crippen LogP contribution in [0.5, 0.6) is 0 Å². The van der Waals surface area contributed by atoms with E-state index in [0.717, 1.165) is 33.0 Å². The van der Waals surface area contributed by atoms with Gasteiger partial charge in [-0.15, -0.1) is 11.3 Å². The molecule has 0 radical (unpaired) electrons. The second kappa shape index (κ2) is 6.84. The lowest BCUT2D eigenvalue weighted by Gasteiger charge is -2.16. The minimum atomic E-state index is -1.62. The molecule has 1 heterocycles. The van der Waals surface area contributed by atoms with Crippen molar-refractivity contribution in [1.29, 1.82) is 0 Å². The SMILES string of the molecule is CC(Nc1ccc2nc(C3CC3)sc2c1)C(=O)Nc1ccc(F)c(F)c1F. The molecule has 0 bridgehead atoms. The Morgan fingerprint density at radius 2 is 1.96 bits per heavy atom. The zero-order chi connectivity index (χ0) is 19.1. The molecule has 0 spiro atoms. The fourth-order valence-electron chi connectivity index (χ4n) is 2.72. The fraction of sp³-hybridized carbons (Fsp3) is 0.263. The lowest BCUT2D eigenvalue weighted by Crippen LogP contribution is -2.32. The highest BCUT2D eigenvalue weighted by molar-refractivity contribution is 7.18. The molecule has 3 aromatic rings. The van der Waals surface area contributed by atoms with Gasteiger partial charge in [0, 0.05) is 11.6 Å². The monoisotopic (exact) mass is 391 g/mol. The summed E-state index contributed by atoms with van der Waals surface area (Å²) in [4.78, 5) is 16.9. The number of thiazole rings is 1. The maximum atomic E-state index is 13.7. The number of hydrogen-bond acceptors (Lipinski definition) is 4. The topological polar surface area (TPSA) is 54.0 Å². The zero-order valence-electron chi connectivity index (χ0n) is 14.4. The van der Waals surface area contributed by atoms with Crippen molar-refractivity contribution in [1.82, 2.24) is 4.98 Å². The van der Waals surface area contributed by atoms with Gasteiger partial charge in [0.25, 0.3) is 0 Å². The van der Waals surface area contributed by atoms with Gasteiger partial charge in [-0.25, -0.2) is 18.2 Å². The van der Waals surface area contributed by atoms with Gasteiger partial charge in [-0.2, -0.15) is 0 Å². The number of nitrogens with one attached hydrogen (secondary N) is 2. The largest absolute Gasteiger partial charge is 0.374 e. The smallest absolute Gasteiger partial charge is 0.246 e. The third-order valence-corrected chi connectivity index (χ3v) is 5.58. The molecule has 4 nitrogen and oxygen atoms in total. The number of amides is 1. The fourth-order valence-corrected chi connectivity index (χ4v) is 3.89. The summed E-state index contributed by atoms with van der Waals surface area (Å²) in [6.45, 7) is 1.60. The second-order valence-corrected chi connectivity index (χ2v) is 7.65. The molecule has 4 rings (SSSR count). The Hall–Kier alpha value is -2.61. The third-order valence-electron chi connectivity index (χ3n) is 4.40. The van der Waals surface area contributed by atoms with Crippen molar-refractivity contribution in [3.63, 3.8) is 0 Å². The van der Waals surface area contributed by atoms with Gasteiger partial charge in [0.1, 0.15) is 6.04 Å². The van der Waals surface area contributed by atoms with E-state index in [-0.39, 0.29) is 0 Å². The Bertz CT molecular complexity index is 1030. The summed E-state index contributed by atoms with van der Waals surface area (Å²) < 4.78 is 41.0. The summed E-state index contributed by atoms with van der Waals surface area (Å²) >= 11 is 1.65. The number of anilines is 2. The Morgan fingerprint density at radius 1 is 1.19 bits per heavy atom. The van der Waals surface area contributed by atoms with E-state index in [2.05, 4.69) is 15.6 Å². The van der Waals surface area contributed by atoms with Crippen molar-refractivity contribution < 1.29 is 18.0 Å². The maximum Gasteiger partial charge on any atom is 0.246 e. The van der Waals surface area contributed by atoms with Crippen LogP contribution in [0.4, 0.5) is 24.5 Å². The van der Waals surface area contributed by atoms with Crippen LogP contribution in [0, 0.1) is 17.5 Å². The summed E-state index contributed by atoms with van der Waals surface area (Å²) in [6.07, 6.45) is 2.37. The number of nitrogens with zero attached hydrogens (tertiary/aromatic N) is 1. The van der Waals surface area contributed by atoms with E-state index >= 15 is 0 Å². The number of fused-ring (bicyclic) bond motifs is 1. The molecule has 140 valence electrons. The number of hydrogen-bond donors (Lipinski definition) is 2. The molecule has 1 aromatic heterocycles. The number of carbonyl (C=O) groups is 1. The highest BCUT2D eigenvalue weighted by atomic mass is 32.1. The molecule has 8 heteroatoms. The first kappa shape index (κ1) is 17.8. The maximum absolute atomic E-state index is 13.7. The number of aromatic nitrogens is 1. The highest BCUT2D eigenvalue weighted by Gasteiger charge is 2.27. The predicted molar refractivity (Wildman–Crippen MR) is 99.6 cm³/mol. The van der Waals surface area contributed by atoms with Crippen LogP contribution >= 0.6 is 11.3 Å². The molecule has 2 N–H and O–H groups in total. The number of carbonyl (C=O) groups excluding carboxylic acids is 1. The molecule has 1 aliphatic carbocycles. The van der Waals surface area contributed by atoms with Gasteiger partial charge in [-0.05, 0) is 50.1 Å². The molecule has 1 amide bonds. The van der Waals surface area contributed by atoms with Crippen molar-refractivity contribution in [2.75, 3.05) is 10.6 Å². The Kier molecular flexibility index (Phi) is 4.51. The van der Waals surface area contributed by atoms with Crippen molar-refractivity contribution in [3.8, 4) is 0 Å². The van der Waals surface area contributed by atoms with Crippen molar-refractivity contribution >= 4 is 38.8 Å². The van der Waals surface area contributed by atoms with E-state index in [1.807, 2.05) is 18.2 Å². The lowest BCUT2D eigenvalue weighted by molar-refractivity contribution is -0.116. The van der Waals surface area contributed by atoms with Crippen LogP contribution in [0.2, 0.25) is 0 Å². The van der Waals surface area contributed by atoms with E-state index in [1.165, 1.54) is 12.8 Å². The molecule has 2 aromatic carbocycles. The van der Waals surface area contributed by atoms with Crippen molar-refractivity contribution in [2.45, 2.75) is 31.7 Å². The van der Waals surface area contributed by atoms with E-state index < -0.39 is 35.1 Å². The van der Waals surface area contributed by atoms with Crippen LogP contribution in [0.15, 0.2) is 30.3 Å². The van der Waals surface area contributed by atoms with Gasteiger partial charge >= 0.3 is 0 Å². The molecule has 1 atom stereocenters. The van der Waals surface area contributed by atoms with Crippen LogP contribution in [-0.4, -0.2) is 16.9 Å². The van der Waals surface area contributed by atoms with Crippen LogP contribution < -0.4 is 10.6 Å². The van der Waals surface area contributed by atoms with Crippen LogP contribution in [-0.2, 0) is 4.79 Å². The van der Waals surface area contributed by atoms with Crippen LogP contribution in [0.1, 0.15) is 30.7 Å². The molecule has 0 aliphatic heterocycles. The van der Waals surface area contributed by atoms with Crippen molar-refractivity contribution in [3.05, 3.63) is 52.8 Å². The van der Waals surface area contributed by atoms with E-state index in [9.17, 15) is 18.0 Å². The van der Waals surface area contributed by atoms with Gasteiger partial charge in [0.05, 0.1) is 20.9 Å². The zero-order valence-corrected chi connectivity index (χ0v) is 15.2. The highest BCUT2D eigenvalue weighted by Crippen LogP contribution is 2.43. The van der Waals surface area contributed by atoms with E-state index in [4.69, 9.17) is 0 Å². The number of halogens is 3. The normalized spacial score (nSPS) is 15.0.